The zero-order valence-electron chi connectivity index (χ0n) is 8.56. The normalized spacial score (nSPS) is 10.8. The van der Waals surface area contributed by atoms with Crippen LogP contribution >= 0.6 is 0 Å². The van der Waals surface area contributed by atoms with Crippen molar-refractivity contribution in [2.45, 2.75) is 0 Å². The van der Waals surface area contributed by atoms with E-state index in [1.165, 1.54) is 0 Å². The molecule has 1 aromatic carbocycles. The van der Waals surface area contributed by atoms with Crippen molar-refractivity contribution in [1.29, 1.82) is 0 Å². The summed E-state index contributed by atoms with van der Waals surface area (Å²) in [6.07, 6.45) is 0. The lowest BCUT2D eigenvalue weighted by Gasteiger charge is -1.99. The Balaban J connectivity index is 2.46. The van der Waals surface area contributed by atoms with Gasteiger partial charge in [0.05, 0.1) is 0 Å². The van der Waals surface area contributed by atoms with Crippen LogP contribution in [0.2, 0.25) is 0 Å². The van der Waals surface area contributed by atoms with Gasteiger partial charge in [-0.1, -0.05) is 30.3 Å². The van der Waals surface area contributed by atoms with Crippen LogP contribution in [0.25, 0.3) is 22.2 Å². The molecule has 0 spiro atoms. The average molecular weight is 229 g/mol. The molecule has 0 fully saturated rings. The average Bonchev–Trinajstić information content (AvgIpc) is 2.75. The highest BCUT2D eigenvalue weighted by atomic mass is 16.5. The predicted octanol–water partition coefficient (Wildman–Crippen LogP) is 0.871. The summed E-state index contributed by atoms with van der Waals surface area (Å²) in [5.41, 5.74) is 0.155. The van der Waals surface area contributed by atoms with Gasteiger partial charge in [-0.15, -0.1) is 0 Å². The van der Waals surface area contributed by atoms with Crippen molar-refractivity contribution < 1.29 is 4.52 Å². The van der Waals surface area contributed by atoms with Gasteiger partial charge in [0.15, 0.2) is 5.52 Å². The standard InChI is InChI=1S/C11H7N3O3/c15-10-9-7(11(16)17-14-9)8(12-13-10)6-4-2-1-3-5-6/h1-5,14H,(H,13,15). The van der Waals surface area contributed by atoms with Crippen LogP contribution in [0.3, 0.4) is 0 Å². The summed E-state index contributed by atoms with van der Waals surface area (Å²) in [5.74, 6) is 0. The molecular formula is C11H7N3O3. The monoisotopic (exact) mass is 229 g/mol. The molecular weight excluding hydrogens is 222 g/mol. The third-order valence-corrected chi connectivity index (χ3v) is 2.48. The van der Waals surface area contributed by atoms with E-state index in [2.05, 4.69) is 19.9 Å². The highest BCUT2D eigenvalue weighted by molar-refractivity contribution is 5.90. The number of hydrogen-bond acceptors (Lipinski definition) is 4. The number of fused-ring (bicyclic) bond motifs is 1. The summed E-state index contributed by atoms with van der Waals surface area (Å²) in [6.45, 7) is 0. The number of rotatable bonds is 1. The van der Waals surface area contributed by atoms with Gasteiger partial charge in [-0.05, 0) is 0 Å². The zero-order chi connectivity index (χ0) is 11.8. The topological polar surface area (TPSA) is 91.8 Å². The zero-order valence-corrected chi connectivity index (χ0v) is 8.56. The van der Waals surface area contributed by atoms with Crippen molar-refractivity contribution in [3.63, 3.8) is 0 Å². The number of benzene rings is 1. The smallest absolute Gasteiger partial charge is 0.338 e. The molecule has 0 bridgehead atoms. The second-order valence-corrected chi connectivity index (χ2v) is 3.51. The third kappa shape index (κ3) is 1.38. The first-order valence-electron chi connectivity index (χ1n) is 4.92. The Labute approximate surface area is 93.9 Å². The minimum atomic E-state index is -0.600. The van der Waals surface area contributed by atoms with Crippen molar-refractivity contribution in [3.8, 4) is 11.3 Å². The molecule has 0 unspecified atom stereocenters. The molecule has 0 amide bonds. The van der Waals surface area contributed by atoms with Crippen LogP contribution in [-0.2, 0) is 0 Å². The van der Waals surface area contributed by atoms with Crippen LogP contribution < -0.4 is 11.2 Å². The van der Waals surface area contributed by atoms with E-state index in [0.717, 1.165) is 5.56 Å². The van der Waals surface area contributed by atoms with Gasteiger partial charge in [-0.25, -0.2) is 15.0 Å². The Bertz CT molecular complexity index is 783. The number of nitrogens with zero attached hydrogens (tertiary/aromatic N) is 1. The molecule has 0 atom stereocenters. The van der Waals surface area contributed by atoms with Gasteiger partial charge >= 0.3 is 5.63 Å². The van der Waals surface area contributed by atoms with E-state index < -0.39 is 11.2 Å². The van der Waals surface area contributed by atoms with Crippen LogP contribution in [0.1, 0.15) is 0 Å². The number of nitrogens with one attached hydrogen (secondary N) is 2. The summed E-state index contributed by atoms with van der Waals surface area (Å²) in [6, 6.07) is 9.09. The summed E-state index contributed by atoms with van der Waals surface area (Å²) < 4.78 is 4.62. The molecule has 0 saturated heterocycles. The van der Waals surface area contributed by atoms with Crippen molar-refractivity contribution in [2.24, 2.45) is 0 Å². The van der Waals surface area contributed by atoms with Crippen LogP contribution in [0.4, 0.5) is 0 Å². The minimum Gasteiger partial charge on any atom is -0.338 e. The Hall–Kier alpha value is -2.63. The molecule has 0 aliphatic rings. The third-order valence-electron chi connectivity index (χ3n) is 2.48. The molecule has 3 aromatic rings. The van der Waals surface area contributed by atoms with Crippen molar-refractivity contribution in [2.75, 3.05) is 0 Å². The fraction of sp³-hybridized carbons (Fsp3) is 0. The largest absolute Gasteiger partial charge is 0.367 e. The van der Waals surface area contributed by atoms with Gasteiger partial charge < -0.3 is 4.52 Å². The number of aromatic nitrogens is 3. The SMILES string of the molecule is O=c1[nH]nc(-c2ccccc2)c2c(=O)o[nH]c12. The molecule has 6 nitrogen and oxygen atoms in total. The molecule has 2 heterocycles. The number of H-pyrrole nitrogens is 2. The number of hydrogen-bond donors (Lipinski definition) is 2. The second-order valence-electron chi connectivity index (χ2n) is 3.51. The molecule has 0 saturated carbocycles. The first kappa shape index (κ1) is 9.59. The van der Waals surface area contributed by atoms with E-state index in [1.54, 1.807) is 12.1 Å². The van der Waals surface area contributed by atoms with Gasteiger partial charge in [0.2, 0.25) is 0 Å². The van der Waals surface area contributed by atoms with E-state index in [-0.39, 0.29) is 10.9 Å². The van der Waals surface area contributed by atoms with E-state index in [4.69, 9.17) is 0 Å². The summed E-state index contributed by atoms with van der Waals surface area (Å²) in [5, 5.41) is 8.67. The number of aromatic amines is 2. The van der Waals surface area contributed by atoms with Gasteiger partial charge in [-0.3, -0.25) is 4.79 Å². The second kappa shape index (κ2) is 3.44. The molecule has 0 aliphatic carbocycles. The molecule has 84 valence electrons. The van der Waals surface area contributed by atoms with Gasteiger partial charge in [0.1, 0.15) is 11.1 Å². The molecule has 3 rings (SSSR count). The fourth-order valence-corrected chi connectivity index (χ4v) is 1.70. The Kier molecular flexibility index (Phi) is 1.94. The minimum absolute atomic E-state index is 0.101. The maximum Gasteiger partial charge on any atom is 0.367 e. The summed E-state index contributed by atoms with van der Waals surface area (Å²) in [7, 11) is 0. The first-order chi connectivity index (χ1) is 8.27. The Morgan fingerprint density at radius 3 is 2.65 bits per heavy atom. The van der Waals surface area contributed by atoms with Crippen molar-refractivity contribution in [3.05, 3.63) is 51.1 Å². The van der Waals surface area contributed by atoms with E-state index in [9.17, 15) is 9.59 Å². The van der Waals surface area contributed by atoms with Crippen LogP contribution in [0.15, 0.2) is 44.4 Å². The van der Waals surface area contributed by atoms with E-state index in [1.807, 2.05) is 18.2 Å². The molecule has 2 aromatic heterocycles. The van der Waals surface area contributed by atoms with Gasteiger partial charge in [-0.2, -0.15) is 5.10 Å². The molecule has 17 heavy (non-hydrogen) atoms. The highest BCUT2D eigenvalue weighted by Gasteiger charge is 2.14. The molecule has 2 N–H and O–H groups in total. The lowest BCUT2D eigenvalue weighted by Crippen LogP contribution is -2.11. The highest BCUT2D eigenvalue weighted by Crippen LogP contribution is 2.20. The van der Waals surface area contributed by atoms with Crippen molar-refractivity contribution in [1.82, 2.24) is 15.4 Å². The Morgan fingerprint density at radius 1 is 1.12 bits per heavy atom. The lowest BCUT2D eigenvalue weighted by molar-refractivity contribution is 0.399. The van der Waals surface area contributed by atoms with Crippen LogP contribution in [0.5, 0.6) is 0 Å². The van der Waals surface area contributed by atoms with E-state index >= 15 is 0 Å². The quantitative estimate of drug-likeness (QED) is 0.647. The predicted molar refractivity (Wildman–Crippen MR) is 60.7 cm³/mol. The van der Waals surface area contributed by atoms with Gasteiger partial charge in [0, 0.05) is 5.56 Å². The fourth-order valence-electron chi connectivity index (χ4n) is 1.70. The maximum atomic E-state index is 11.5. The van der Waals surface area contributed by atoms with Crippen LogP contribution in [0, 0.1) is 0 Å². The lowest BCUT2D eigenvalue weighted by atomic mass is 10.1. The summed E-state index contributed by atoms with van der Waals surface area (Å²) >= 11 is 0. The van der Waals surface area contributed by atoms with Crippen LogP contribution in [-0.4, -0.2) is 15.4 Å². The first-order valence-corrected chi connectivity index (χ1v) is 4.92. The summed E-state index contributed by atoms with van der Waals surface area (Å²) in [4.78, 5) is 23.0. The Morgan fingerprint density at radius 2 is 1.88 bits per heavy atom. The molecule has 0 radical (unpaired) electrons. The van der Waals surface area contributed by atoms with Crippen molar-refractivity contribution >= 4 is 10.9 Å². The van der Waals surface area contributed by atoms with E-state index in [0.29, 0.717) is 5.69 Å². The van der Waals surface area contributed by atoms with Gasteiger partial charge in [0.25, 0.3) is 5.56 Å². The maximum absolute atomic E-state index is 11.5. The molecule has 0 aliphatic heterocycles. The molecule has 6 heteroatoms.